The third kappa shape index (κ3) is 4.84. The lowest BCUT2D eigenvalue weighted by Crippen LogP contribution is -2.53. The second-order valence-corrected chi connectivity index (χ2v) is 9.89. The maximum absolute atomic E-state index is 14.9. The van der Waals surface area contributed by atoms with Gasteiger partial charge in [0, 0.05) is 24.2 Å². The van der Waals surface area contributed by atoms with Gasteiger partial charge in [0.2, 0.25) is 11.9 Å². The molecule has 0 spiro atoms. The number of benzene rings is 1. The van der Waals surface area contributed by atoms with Crippen LogP contribution < -0.4 is 10.6 Å². The van der Waals surface area contributed by atoms with Crippen molar-refractivity contribution in [2.75, 3.05) is 32.0 Å². The van der Waals surface area contributed by atoms with Crippen molar-refractivity contribution < 1.29 is 14.3 Å². The lowest BCUT2D eigenvalue weighted by atomic mass is 10.0. The number of β-amino-alcohol motifs (C(OH)–C–C–N with tert-alkyl or cyclic N) is 1. The van der Waals surface area contributed by atoms with Gasteiger partial charge in [-0.1, -0.05) is 11.6 Å². The Morgan fingerprint density at radius 3 is 2.76 bits per heavy atom. The molecule has 0 bridgehead atoms. The molecule has 11 heteroatoms. The van der Waals surface area contributed by atoms with Crippen molar-refractivity contribution in [3.8, 4) is 11.3 Å². The molecule has 1 fully saturated rings. The molecule has 182 valence electrons. The fourth-order valence-electron chi connectivity index (χ4n) is 4.14. The van der Waals surface area contributed by atoms with Gasteiger partial charge in [-0.2, -0.15) is 0 Å². The first-order valence-corrected chi connectivity index (χ1v) is 11.5. The van der Waals surface area contributed by atoms with Gasteiger partial charge in [0.25, 0.3) is 0 Å². The number of carbonyl (C=O) groups excluding carboxylic acids is 1. The first-order chi connectivity index (χ1) is 16.1. The molecular formula is C23H29ClFN7O2. The maximum Gasteiger partial charge on any atom is 0.236 e. The van der Waals surface area contributed by atoms with E-state index in [0.29, 0.717) is 29.7 Å². The minimum atomic E-state index is -0.785. The number of hydrogen-bond donors (Lipinski definition) is 3. The summed E-state index contributed by atoms with van der Waals surface area (Å²) in [7, 11) is 1.71. The molecule has 1 amide bonds. The highest BCUT2D eigenvalue weighted by molar-refractivity contribution is 6.33. The van der Waals surface area contributed by atoms with Gasteiger partial charge in [-0.05, 0) is 46.4 Å². The summed E-state index contributed by atoms with van der Waals surface area (Å²) >= 11 is 6.40. The third-order valence-corrected chi connectivity index (χ3v) is 6.20. The Morgan fingerprint density at radius 1 is 1.32 bits per heavy atom. The monoisotopic (exact) mass is 489 g/mol. The number of likely N-dealkylation sites (tertiary alicyclic amines) is 1. The van der Waals surface area contributed by atoms with E-state index in [9.17, 15) is 14.3 Å². The predicted octanol–water partition coefficient (Wildman–Crippen LogP) is 2.63. The summed E-state index contributed by atoms with van der Waals surface area (Å²) in [4.78, 5) is 26.7. The Morgan fingerprint density at radius 2 is 2.09 bits per heavy atom. The van der Waals surface area contributed by atoms with Crippen LogP contribution in [0.1, 0.15) is 27.2 Å². The SMILES string of the molecule is CNCC(=O)N1CC[C@@H](Nc2ncc(Cl)c(-c3cc(F)c4ncn(C(C)(C)C)c4c3)n2)[C@H](O)C1. The number of rotatable bonds is 5. The van der Waals surface area contributed by atoms with Crippen LogP contribution >= 0.6 is 11.6 Å². The first-order valence-electron chi connectivity index (χ1n) is 11.2. The van der Waals surface area contributed by atoms with Crippen LogP contribution in [0.2, 0.25) is 5.02 Å². The quantitative estimate of drug-likeness (QED) is 0.505. The van der Waals surface area contributed by atoms with Gasteiger partial charge in [-0.15, -0.1) is 0 Å². The number of carbonyl (C=O) groups is 1. The van der Waals surface area contributed by atoms with Gasteiger partial charge in [-0.25, -0.2) is 19.3 Å². The summed E-state index contributed by atoms with van der Waals surface area (Å²) in [6, 6.07) is 2.84. The highest BCUT2D eigenvalue weighted by Crippen LogP contribution is 2.32. The molecule has 2 aromatic heterocycles. The van der Waals surface area contributed by atoms with Gasteiger partial charge in [0.15, 0.2) is 5.82 Å². The van der Waals surface area contributed by atoms with Crippen molar-refractivity contribution in [3.63, 3.8) is 0 Å². The molecule has 3 heterocycles. The van der Waals surface area contributed by atoms with Gasteiger partial charge in [-0.3, -0.25) is 4.79 Å². The molecule has 3 aromatic rings. The standard InChI is InChI=1S/C23H29ClFN7O2/c1-23(2,3)32-12-28-21-15(25)7-13(8-17(21)32)20-14(24)9-27-22(30-20)29-16-5-6-31(11-18(16)33)19(34)10-26-4/h7-9,12,16,18,26,33H,5-6,10-11H2,1-4H3,(H,27,29,30)/t16-,18-/m1/s1. The largest absolute Gasteiger partial charge is 0.389 e. The lowest BCUT2D eigenvalue weighted by Gasteiger charge is -2.36. The normalized spacial score (nSPS) is 19.0. The Kier molecular flexibility index (Phi) is 6.75. The van der Waals surface area contributed by atoms with Crippen LogP contribution in [0.3, 0.4) is 0 Å². The number of nitrogens with zero attached hydrogens (tertiary/aromatic N) is 5. The molecule has 1 aliphatic heterocycles. The molecule has 2 atom stereocenters. The molecule has 1 saturated heterocycles. The highest BCUT2D eigenvalue weighted by atomic mass is 35.5. The molecule has 0 aliphatic carbocycles. The number of likely N-dealkylation sites (N-methyl/N-ethyl adjacent to an activating group) is 1. The number of amides is 1. The molecule has 4 rings (SSSR count). The molecule has 0 saturated carbocycles. The molecule has 1 aliphatic rings. The number of piperidine rings is 1. The number of nitrogens with one attached hydrogen (secondary N) is 2. The smallest absolute Gasteiger partial charge is 0.236 e. The van der Waals surface area contributed by atoms with Gasteiger partial charge >= 0.3 is 0 Å². The number of anilines is 1. The van der Waals surface area contributed by atoms with Crippen LogP contribution in [0.15, 0.2) is 24.7 Å². The second-order valence-electron chi connectivity index (χ2n) is 9.48. The van der Waals surface area contributed by atoms with Crippen molar-refractivity contribution in [1.82, 2.24) is 29.7 Å². The van der Waals surface area contributed by atoms with E-state index in [1.54, 1.807) is 18.3 Å². The number of hydrogen-bond acceptors (Lipinski definition) is 7. The third-order valence-electron chi connectivity index (χ3n) is 5.92. The van der Waals surface area contributed by atoms with E-state index in [-0.39, 0.29) is 47.1 Å². The summed E-state index contributed by atoms with van der Waals surface area (Å²) in [5.41, 5.74) is 1.50. The summed E-state index contributed by atoms with van der Waals surface area (Å²) in [5.74, 6) is -0.256. The van der Waals surface area contributed by atoms with Crippen LogP contribution in [0.25, 0.3) is 22.3 Å². The van der Waals surface area contributed by atoms with E-state index in [0.717, 1.165) is 0 Å². The van der Waals surface area contributed by atoms with Crippen LogP contribution in [0.4, 0.5) is 10.3 Å². The molecular weight excluding hydrogens is 461 g/mol. The average Bonchev–Trinajstić information content (AvgIpc) is 3.22. The van der Waals surface area contributed by atoms with Gasteiger partial charge in [0.1, 0.15) is 5.52 Å². The zero-order chi connectivity index (χ0) is 24.6. The zero-order valence-electron chi connectivity index (χ0n) is 19.6. The molecule has 0 unspecified atom stereocenters. The molecule has 9 nitrogen and oxygen atoms in total. The molecule has 1 aromatic carbocycles. The Hall–Kier alpha value is -2.82. The van der Waals surface area contributed by atoms with Crippen molar-refractivity contribution >= 4 is 34.5 Å². The topological polar surface area (TPSA) is 108 Å². The Labute approximate surface area is 202 Å². The minimum Gasteiger partial charge on any atom is -0.389 e. The maximum atomic E-state index is 14.9. The average molecular weight is 490 g/mol. The number of aliphatic hydroxyl groups is 1. The zero-order valence-corrected chi connectivity index (χ0v) is 20.4. The summed E-state index contributed by atoms with van der Waals surface area (Å²) < 4.78 is 16.8. The molecule has 3 N–H and O–H groups in total. The number of aliphatic hydroxyl groups excluding tert-OH is 1. The van der Waals surface area contributed by atoms with Crippen molar-refractivity contribution in [2.45, 2.75) is 44.9 Å². The van der Waals surface area contributed by atoms with Gasteiger partial charge < -0.3 is 25.2 Å². The summed E-state index contributed by atoms with van der Waals surface area (Å²) in [6.45, 7) is 7.00. The number of imidazole rings is 1. The second kappa shape index (κ2) is 9.44. The number of halogens is 2. The fourth-order valence-corrected chi connectivity index (χ4v) is 4.34. The van der Waals surface area contributed by atoms with E-state index in [4.69, 9.17) is 11.6 Å². The highest BCUT2D eigenvalue weighted by Gasteiger charge is 2.30. The number of aromatic nitrogens is 4. The van der Waals surface area contributed by atoms with Crippen LogP contribution in [-0.2, 0) is 10.3 Å². The summed E-state index contributed by atoms with van der Waals surface area (Å²) in [5, 5.41) is 16.8. The van der Waals surface area contributed by atoms with E-state index >= 15 is 0 Å². The van der Waals surface area contributed by atoms with Crippen molar-refractivity contribution in [1.29, 1.82) is 0 Å². The van der Waals surface area contributed by atoms with E-state index in [1.165, 1.54) is 12.3 Å². The van der Waals surface area contributed by atoms with Crippen LogP contribution in [0.5, 0.6) is 0 Å². The van der Waals surface area contributed by atoms with E-state index < -0.39 is 11.9 Å². The van der Waals surface area contributed by atoms with Crippen molar-refractivity contribution in [2.24, 2.45) is 0 Å². The van der Waals surface area contributed by atoms with Gasteiger partial charge in [0.05, 0.1) is 47.4 Å². The number of fused-ring (bicyclic) bond motifs is 1. The van der Waals surface area contributed by atoms with Crippen molar-refractivity contribution in [3.05, 3.63) is 35.5 Å². The van der Waals surface area contributed by atoms with E-state index in [2.05, 4.69) is 25.6 Å². The Bertz CT molecular complexity index is 1210. The fraction of sp³-hybridized carbons (Fsp3) is 0.478. The molecule has 0 radical (unpaired) electrons. The molecule has 34 heavy (non-hydrogen) atoms. The first kappa shape index (κ1) is 24.3. The summed E-state index contributed by atoms with van der Waals surface area (Å²) in [6.07, 6.45) is 2.82. The van der Waals surface area contributed by atoms with Crippen LogP contribution in [-0.4, -0.2) is 74.3 Å². The lowest BCUT2D eigenvalue weighted by molar-refractivity contribution is -0.133. The Balaban J connectivity index is 1.60. The predicted molar refractivity (Wildman–Crippen MR) is 129 cm³/mol. The van der Waals surface area contributed by atoms with E-state index in [1.807, 2.05) is 31.4 Å². The minimum absolute atomic E-state index is 0.0584. The van der Waals surface area contributed by atoms with Crippen LogP contribution in [0, 0.1) is 5.82 Å².